The van der Waals surface area contributed by atoms with Crippen molar-refractivity contribution in [2.75, 3.05) is 18.0 Å². The molecule has 124 valence electrons. The molecule has 1 atom stereocenters. The maximum absolute atomic E-state index is 12.3. The second-order valence-electron chi connectivity index (χ2n) is 5.91. The summed E-state index contributed by atoms with van der Waals surface area (Å²) in [5.41, 5.74) is 1.92. The lowest BCUT2D eigenvalue weighted by atomic mass is 10.1. The summed E-state index contributed by atoms with van der Waals surface area (Å²) in [7, 11) is 0. The van der Waals surface area contributed by atoms with Crippen molar-refractivity contribution < 1.29 is 9.59 Å². The van der Waals surface area contributed by atoms with E-state index in [4.69, 9.17) is 11.6 Å². The first kappa shape index (κ1) is 16.5. The predicted octanol–water partition coefficient (Wildman–Crippen LogP) is 3.05. The highest BCUT2D eigenvalue weighted by Crippen LogP contribution is 2.27. The first-order chi connectivity index (χ1) is 11.6. The van der Waals surface area contributed by atoms with Gasteiger partial charge in [0.05, 0.1) is 5.92 Å². The molecule has 1 fully saturated rings. The summed E-state index contributed by atoms with van der Waals surface area (Å²) in [6.45, 7) is 0.973. The Morgan fingerprint density at radius 3 is 2.71 bits per heavy atom. The minimum atomic E-state index is -0.313. The molecule has 2 amide bonds. The quantitative estimate of drug-likeness (QED) is 0.908. The van der Waals surface area contributed by atoms with Crippen molar-refractivity contribution in [2.45, 2.75) is 12.8 Å². The van der Waals surface area contributed by atoms with Gasteiger partial charge in [0.25, 0.3) is 0 Å². The van der Waals surface area contributed by atoms with Gasteiger partial charge in [-0.3, -0.25) is 9.59 Å². The highest BCUT2D eigenvalue weighted by molar-refractivity contribution is 6.30. The van der Waals surface area contributed by atoms with Crippen LogP contribution < -0.4 is 10.2 Å². The number of amides is 2. The number of hydrogen-bond acceptors (Lipinski definition) is 2. The first-order valence-electron chi connectivity index (χ1n) is 8.01. The maximum Gasteiger partial charge on any atom is 0.227 e. The van der Waals surface area contributed by atoms with Crippen LogP contribution in [0.1, 0.15) is 12.0 Å². The van der Waals surface area contributed by atoms with Gasteiger partial charge in [-0.1, -0.05) is 48.0 Å². The zero-order valence-electron chi connectivity index (χ0n) is 13.2. The monoisotopic (exact) mass is 342 g/mol. The van der Waals surface area contributed by atoms with Crippen molar-refractivity contribution in [3.05, 3.63) is 65.2 Å². The van der Waals surface area contributed by atoms with Crippen LogP contribution in [-0.2, 0) is 16.0 Å². The van der Waals surface area contributed by atoms with Crippen molar-refractivity contribution in [1.29, 1.82) is 0 Å². The molecule has 0 aliphatic carbocycles. The van der Waals surface area contributed by atoms with Gasteiger partial charge in [0.15, 0.2) is 0 Å². The fourth-order valence-electron chi connectivity index (χ4n) is 2.90. The van der Waals surface area contributed by atoms with Crippen LogP contribution in [-0.4, -0.2) is 24.9 Å². The van der Waals surface area contributed by atoms with Crippen molar-refractivity contribution in [2.24, 2.45) is 5.92 Å². The summed E-state index contributed by atoms with van der Waals surface area (Å²) in [6.07, 6.45) is 1.02. The minimum absolute atomic E-state index is 0.0412. The number of hydrogen-bond donors (Lipinski definition) is 1. The van der Waals surface area contributed by atoms with Gasteiger partial charge in [-0.2, -0.15) is 0 Å². The Kier molecular flexibility index (Phi) is 5.16. The van der Waals surface area contributed by atoms with Crippen molar-refractivity contribution in [1.82, 2.24) is 5.32 Å². The van der Waals surface area contributed by atoms with E-state index in [1.54, 1.807) is 23.1 Å². The molecule has 24 heavy (non-hydrogen) atoms. The lowest BCUT2D eigenvalue weighted by molar-refractivity contribution is -0.126. The fraction of sp³-hybridized carbons (Fsp3) is 0.263. The number of halogens is 1. The molecule has 2 aromatic rings. The third-order valence-corrected chi connectivity index (χ3v) is 4.41. The topological polar surface area (TPSA) is 49.4 Å². The molecular weight excluding hydrogens is 324 g/mol. The number of carbonyl (C=O) groups excluding carboxylic acids is 2. The molecule has 0 bridgehead atoms. The van der Waals surface area contributed by atoms with Gasteiger partial charge in [0.1, 0.15) is 0 Å². The van der Waals surface area contributed by atoms with Gasteiger partial charge < -0.3 is 10.2 Å². The lowest BCUT2D eigenvalue weighted by Gasteiger charge is -2.17. The standard InChI is InChI=1S/C19H19ClN2O2/c20-16-7-4-8-17(12-16)22-13-15(11-18(22)23)19(24)21-10-9-14-5-2-1-3-6-14/h1-8,12,15H,9-11,13H2,(H,21,24). The molecule has 1 saturated heterocycles. The molecule has 1 unspecified atom stereocenters. The molecule has 0 saturated carbocycles. The summed E-state index contributed by atoms with van der Waals surface area (Å²) in [4.78, 5) is 26.1. The van der Waals surface area contributed by atoms with Gasteiger partial charge in [0.2, 0.25) is 11.8 Å². The first-order valence-corrected chi connectivity index (χ1v) is 8.39. The highest BCUT2D eigenvalue weighted by atomic mass is 35.5. The molecule has 1 aliphatic rings. The summed E-state index contributed by atoms with van der Waals surface area (Å²) in [5, 5.41) is 3.51. The molecule has 5 heteroatoms. The molecule has 0 aromatic heterocycles. The van der Waals surface area contributed by atoms with Crippen LogP contribution in [0.4, 0.5) is 5.69 Å². The maximum atomic E-state index is 12.3. The Labute approximate surface area is 146 Å². The van der Waals surface area contributed by atoms with E-state index in [2.05, 4.69) is 5.32 Å². The van der Waals surface area contributed by atoms with E-state index in [0.29, 0.717) is 18.1 Å². The van der Waals surface area contributed by atoms with E-state index >= 15 is 0 Å². The minimum Gasteiger partial charge on any atom is -0.355 e. The molecule has 0 radical (unpaired) electrons. The number of benzene rings is 2. The van der Waals surface area contributed by atoms with Gasteiger partial charge in [-0.05, 0) is 30.2 Å². The average Bonchev–Trinajstić information content (AvgIpc) is 2.98. The fourth-order valence-corrected chi connectivity index (χ4v) is 3.08. The summed E-state index contributed by atoms with van der Waals surface area (Å²) >= 11 is 5.98. The van der Waals surface area contributed by atoms with E-state index in [-0.39, 0.29) is 24.2 Å². The molecular formula is C19H19ClN2O2. The van der Waals surface area contributed by atoms with Crippen LogP contribution in [0.25, 0.3) is 0 Å². The van der Waals surface area contributed by atoms with E-state index < -0.39 is 0 Å². The number of nitrogens with one attached hydrogen (secondary N) is 1. The number of rotatable bonds is 5. The SMILES string of the molecule is O=C(NCCc1ccccc1)C1CC(=O)N(c2cccc(Cl)c2)C1. The molecule has 2 aromatic carbocycles. The predicted molar refractivity (Wildman–Crippen MR) is 95.1 cm³/mol. The number of carbonyl (C=O) groups is 2. The Morgan fingerprint density at radius 1 is 1.17 bits per heavy atom. The average molecular weight is 343 g/mol. The van der Waals surface area contributed by atoms with Crippen LogP contribution in [0, 0.1) is 5.92 Å². The molecule has 0 spiro atoms. The van der Waals surface area contributed by atoms with E-state index in [1.807, 2.05) is 36.4 Å². The van der Waals surface area contributed by atoms with Crippen molar-refractivity contribution in [3.63, 3.8) is 0 Å². The highest BCUT2D eigenvalue weighted by Gasteiger charge is 2.34. The second kappa shape index (κ2) is 7.49. The largest absolute Gasteiger partial charge is 0.355 e. The summed E-state index contributed by atoms with van der Waals surface area (Å²) < 4.78 is 0. The molecule has 3 rings (SSSR count). The van der Waals surface area contributed by atoms with E-state index in [9.17, 15) is 9.59 Å². The molecule has 1 aliphatic heterocycles. The molecule has 1 heterocycles. The Balaban J connectivity index is 1.54. The second-order valence-corrected chi connectivity index (χ2v) is 6.35. The van der Waals surface area contributed by atoms with E-state index in [0.717, 1.165) is 12.1 Å². The van der Waals surface area contributed by atoms with Gasteiger partial charge in [-0.25, -0.2) is 0 Å². The Hall–Kier alpha value is -2.33. The van der Waals surface area contributed by atoms with E-state index in [1.165, 1.54) is 5.56 Å². The smallest absolute Gasteiger partial charge is 0.227 e. The van der Waals surface area contributed by atoms with Crippen LogP contribution in [0.15, 0.2) is 54.6 Å². The normalized spacial score (nSPS) is 17.1. The van der Waals surface area contributed by atoms with Crippen LogP contribution in [0.2, 0.25) is 5.02 Å². The van der Waals surface area contributed by atoms with Crippen LogP contribution in [0.3, 0.4) is 0 Å². The third-order valence-electron chi connectivity index (χ3n) is 4.17. The van der Waals surface area contributed by atoms with Crippen molar-refractivity contribution in [3.8, 4) is 0 Å². The van der Waals surface area contributed by atoms with Gasteiger partial charge >= 0.3 is 0 Å². The van der Waals surface area contributed by atoms with Gasteiger partial charge in [0, 0.05) is 30.2 Å². The summed E-state index contributed by atoms with van der Waals surface area (Å²) in [6, 6.07) is 17.1. The third kappa shape index (κ3) is 3.95. The lowest BCUT2D eigenvalue weighted by Crippen LogP contribution is -2.34. The zero-order chi connectivity index (χ0) is 16.9. The Bertz CT molecular complexity index is 733. The Morgan fingerprint density at radius 2 is 1.96 bits per heavy atom. The van der Waals surface area contributed by atoms with Crippen LogP contribution >= 0.6 is 11.6 Å². The molecule has 1 N–H and O–H groups in total. The number of anilines is 1. The summed E-state index contributed by atoms with van der Waals surface area (Å²) in [5.74, 6) is -0.420. The molecule has 4 nitrogen and oxygen atoms in total. The number of nitrogens with zero attached hydrogens (tertiary/aromatic N) is 1. The zero-order valence-corrected chi connectivity index (χ0v) is 14.0. The van der Waals surface area contributed by atoms with Crippen molar-refractivity contribution >= 4 is 29.1 Å². The van der Waals surface area contributed by atoms with Gasteiger partial charge in [-0.15, -0.1) is 0 Å². The van der Waals surface area contributed by atoms with Crippen LogP contribution in [0.5, 0.6) is 0 Å².